The van der Waals surface area contributed by atoms with Crippen molar-refractivity contribution in [2.24, 2.45) is 0 Å². The Hall–Kier alpha value is -1.96. The van der Waals surface area contributed by atoms with Crippen molar-refractivity contribution in [2.75, 3.05) is 19.1 Å². The topological polar surface area (TPSA) is 95.9 Å². The van der Waals surface area contributed by atoms with Gasteiger partial charge in [0.25, 0.3) is 0 Å². The lowest BCUT2D eigenvalue weighted by atomic mass is 10.1. The zero-order valence-electron chi connectivity index (χ0n) is 12.3. The zero-order chi connectivity index (χ0) is 15.4. The number of nitrogens with zero attached hydrogens (tertiary/aromatic N) is 4. The molecule has 7 nitrogen and oxygen atoms in total. The highest BCUT2D eigenvalue weighted by atomic mass is 32.2. The third-order valence-electron chi connectivity index (χ3n) is 3.35. The second-order valence-corrected chi connectivity index (χ2v) is 6.55. The van der Waals surface area contributed by atoms with Gasteiger partial charge in [-0.15, -0.1) is 5.10 Å². The quantitative estimate of drug-likeness (QED) is 0.802. The van der Waals surface area contributed by atoms with Gasteiger partial charge in [-0.2, -0.15) is 0 Å². The van der Waals surface area contributed by atoms with E-state index in [0.29, 0.717) is 29.4 Å². The maximum Gasteiger partial charge on any atom is 0.187 e. The molecule has 0 amide bonds. The van der Waals surface area contributed by atoms with Crippen LogP contribution in [-0.4, -0.2) is 43.0 Å². The van der Waals surface area contributed by atoms with Crippen LogP contribution in [0.1, 0.15) is 13.3 Å². The summed E-state index contributed by atoms with van der Waals surface area (Å²) in [7, 11) is 0.713. The SMILES string of the molecule is COc1cccc(N)c1-c1nnnn1CCC(C)S(C)=O. The molecule has 2 unspecified atom stereocenters. The number of hydrogen-bond donors (Lipinski definition) is 1. The van der Waals surface area contributed by atoms with Crippen molar-refractivity contribution in [1.29, 1.82) is 0 Å². The molecule has 2 aromatic rings. The maximum atomic E-state index is 11.4. The molecule has 114 valence electrons. The van der Waals surface area contributed by atoms with Crippen LogP contribution >= 0.6 is 0 Å². The van der Waals surface area contributed by atoms with Crippen LogP contribution in [0, 0.1) is 0 Å². The van der Waals surface area contributed by atoms with Crippen LogP contribution in [-0.2, 0) is 17.3 Å². The summed E-state index contributed by atoms with van der Waals surface area (Å²) < 4.78 is 18.4. The summed E-state index contributed by atoms with van der Waals surface area (Å²) in [5, 5.41) is 11.8. The number of tetrazole rings is 1. The van der Waals surface area contributed by atoms with Crippen molar-refractivity contribution in [3.63, 3.8) is 0 Å². The van der Waals surface area contributed by atoms with Gasteiger partial charge < -0.3 is 10.5 Å². The van der Waals surface area contributed by atoms with Crippen LogP contribution in [0.25, 0.3) is 11.4 Å². The lowest BCUT2D eigenvalue weighted by Gasteiger charge is -2.12. The van der Waals surface area contributed by atoms with Gasteiger partial charge in [0.2, 0.25) is 0 Å². The second-order valence-electron chi connectivity index (χ2n) is 4.75. The summed E-state index contributed by atoms with van der Waals surface area (Å²) in [5.41, 5.74) is 7.25. The smallest absolute Gasteiger partial charge is 0.187 e. The number of nitrogen functional groups attached to an aromatic ring is 1. The Balaban J connectivity index is 2.31. The van der Waals surface area contributed by atoms with Crippen LogP contribution in [0.2, 0.25) is 0 Å². The highest BCUT2D eigenvalue weighted by molar-refractivity contribution is 7.84. The number of benzene rings is 1. The molecule has 0 saturated carbocycles. The fourth-order valence-electron chi connectivity index (χ4n) is 1.96. The Morgan fingerprint density at radius 1 is 1.48 bits per heavy atom. The van der Waals surface area contributed by atoms with Crippen molar-refractivity contribution in [2.45, 2.75) is 25.1 Å². The molecule has 0 radical (unpaired) electrons. The molecule has 2 atom stereocenters. The molecule has 0 aliphatic carbocycles. The minimum atomic E-state index is -0.865. The molecular formula is C13H19N5O2S. The van der Waals surface area contributed by atoms with Crippen molar-refractivity contribution in [1.82, 2.24) is 20.2 Å². The van der Waals surface area contributed by atoms with E-state index in [1.165, 1.54) is 0 Å². The minimum Gasteiger partial charge on any atom is -0.496 e. The van der Waals surface area contributed by atoms with Crippen molar-refractivity contribution in [3.8, 4) is 17.1 Å². The average Bonchev–Trinajstić information content (AvgIpc) is 2.92. The van der Waals surface area contributed by atoms with E-state index < -0.39 is 10.8 Å². The van der Waals surface area contributed by atoms with E-state index in [9.17, 15) is 4.21 Å². The Kier molecular flexibility index (Phi) is 4.89. The molecule has 0 spiro atoms. The largest absolute Gasteiger partial charge is 0.496 e. The summed E-state index contributed by atoms with van der Waals surface area (Å²) in [6.07, 6.45) is 2.42. The number of aromatic nitrogens is 4. The molecular weight excluding hydrogens is 290 g/mol. The van der Waals surface area contributed by atoms with Gasteiger partial charge in [-0.25, -0.2) is 4.68 Å². The predicted molar refractivity (Wildman–Crippen MR) is 82.4 cm³/mol. The first-order valence-electron chi connectivity index (χ1n) is 6.55. The van der Waals surface area contributed by atoms with Gasteiger partial charge in [-0.05, 0) is 29.0 Å². The number of ether oxygens (including phenoxy) is 1. The van der Waals surface area contributed by atoms with Gasteiger partial charge >= 0.3 is 0 Å². The third kappa shape index (κ3) is 3.38. The normalized spacial score (nSPS) is 13.9. The molecule has 1 aromatic carbocycles. The zero-order valence-corrected chi connectivity index (χ0v) is 13.1. The Morgan fingerprint density at radius 3 is 2.90 bits per heavy atom. The van der Waals surface area contributed by atoms with Crippen LogP contribution in [0.4, 0.5) is 5.69 Å². The number of rotatable bonds is 6. The maximum absolute atomic E-state index is 11.4. The van der Waals surface area contributed by atoms with E-state index in [4.69, 9.17) is 10.5 Å². The number of hydrogen-bond acceptors (Lipinski definition) is 6. The molecule has 0 aliphatic rings. The first kappa shape index (κ1) is 15.4. The Labute approximate surface area is 125 Å². The number of aryl methyl sites for hydroxylation is 1. The fraction of sp³-hybridized carbons (Fsp3) is 0.462. The summed E-state index contributed by atoms with van der Waals surface area (Å²) in [5.74, 6) is 1.18. The monoisotopic (exact) mass is 309 g/mol. The predicted octanol–water partition coefficient (Wildman–Crippen LogP) is 1.09. The first-order chi connectivity index (χ1) is 10.0. The van der Waals surface area contributed by atoms with Crippen molar-refractivity contribution < 1.29 is 8.95 Å². The number of methoxy groups -OCH3 is 1. The van der Waals surface area contributed by atoms with E-state index in [0.717, 1.165) is 6.42 Å². The molecule has 1 aromatic heterocycles. The summed E-state index contributed by atoms with van der Waals surface area (Å²) in [6.45, 7) is 2.51. The Bertz CT molecular complexity index is 643. The van der Waals surface area contributed by atoms with E-state index in [1.54, 1.807) is 24.1 Å². The van der Waals surface area contributed by atoms with Gasteiger partial charge in [0.1, 0.15) is 5.75 Å². The lowest BCUT2D eigenvalue weighted by Crippen LogP contribution is -2.14. The van der Waals surface area contributed by atoms with Gasteiger partial charge in [0.05, 0.1) is 12.7 Å². The molecule has 2 N–H and O–H groups in total. The molecule has 8 heteroatoms. The van der Waals surface area contributed by atoms with Gasteiger partial charge in [0, 0.05) is 34.5 Å². The highest BCUT2D eigenvalue weighted by Gasteiger charge is 2.17. The fourth-order valence-corrected chi connectivity index (χ4v) is 2.40. The molecule has 0 saturated heterocycles. The van der Waals surface area contributed by atoms with E-state index in [1.807, 2.05) is 19.1 Å². The first-order valence-corrected chi connectivity index (χ1v) is 8.18. The van der Waals surface area contributed by atoms with Gasteiger partial charge in [-0.3, -0.25) is 4.21 Å². The van der Waals surface area contributed by atoms with E-state index >= 15 is 0 Å². The highest BCUT2D eigenvalue weighted by Crippen LogP contribution is 2.33. The number of anilines is 1. The minimum absolute atomic E-state index is 0.0806. The molecule has 1 heterocycles. The summed E-state index contributed by atoms with van der Waals surface area (Å²) >= 11 is 0. The van der Waals surface area contributed by atoms with E-state index in [2.05, 4.69) is 15.5 Å². The molecule has 2 rings (SSSR count). The third-order valence-corrected chi connectivity index (χ3v) is 4.72. The Morgan fingerprint density at radius 2 is 2.24 bits per heavy atom. The average molecular weight is 309 g/mol. The molecule has 21 heavy (non-hydrogen) atoms. The molecule has 0 aliphatic heterocycles. The lowest BCUT2D eigenvalue weighted by molar-refractivity contribution is 0.416. The van der Waals surface area contributed by atoms with Crippen LogP contribution in [0.15, 0.2) is 18.2 Å². The van der Waals surface area contributed by atoms with E-state index in [-0.39, 0.29) is 5.25 Å². The molecule has 0 fully saturated rings. The van der Waals surface area contributed by atoms with Crippen LogP contribution in [0.5, 0.6) is 5.75 Å². The second kappa shape index (κ2) is 6.66. The van der Waals surface area contributed by atoms with Crippen LogP contribution in [0.3, 0.4) is 0 Å². The van der Waals surface area contributed by atoms with Crippen LogP contribution < -0.4 is 10.5 Å². The summed E-state index contributed by atoms with van der Waals surface area (Å²) in [6, 6.07) is 5.41. The summed E-state index contributed by atoms with van der Waals surface area (Å²) in [4.78, 5) is 0. The van der Waals surface area contributed by atoms with Gasteiger partial charge in [0.15, 0.2) is 5.82 Å². The van der Waals surface area contributed by atoms with Gasteiger partial charge in [-0.1, -0.05) is 13.0 Å². The number of nitrogens with two attached hydrogens (primary N) is 1. The molecule has 0 bridgehead atoms. The standard InChI is InChI=1S/C13H19N5O2S/c1-9(21(3)19)7-8-18-13(15-16-17-18)12-10(14)5-4-6-11(12)20-2/h4-6,9H,7-8,14H2,1-3H3. The van der Waals surface area contributed by atoms with Crippen molar-refractivity contribution in [3.05, 3.63) is 18.2 Å². The van der Waals surface area contributed by atoms with Crippen molar-refractivity contribution >= 4 is 16.5 Å².